The number of amides is 1. The van der Waals surface area contributed by atoms with E-state index in [1.54, 1.807) is 23.1 Å². The zero-order valence-corrected chi connectivity index (χ0v) is 12.8. The molecule has 21 heavy (non-hydrogen) atoms. The van der Waals surface area contributed by atoms with Crippen molar-refractivity contribution in [3.63, 3.8) is 0 Å². The number of carbonyl (C=O) groups excluding carboxylic acids is 1. The lowest BCUT2D eigenvalue weighted by Gasteiger charge is -2.27. The van der Waals surface area contributed by atoms with Gasteiger partial charge in [-0.15, -0.1) is 0 Å². The smallest absolute Gasteiger partial charge is 0.257 e. The molecule has 0 heterocycles. The van der Waals surface area contributed by atoms with E-state index in [2.05, 4.69) is 0 Å². The molecule has 0 aromatic heterocycles. The van der Waals surface area contributed by atoms with Gasteiger partial charge in [-0.1, -0.05) is 35.9 Å². The van der Waals surface area contributed by atoms with E-state index in [0.29, 0.717) is 11.6 Å². The highest BCUT2D eigenvalue weighted by atomic mass is 35.5. The maximum atomic E-state index is 13.8. The summed E-state index contributed by atoms with van der Waals surface area (Å²) in [5, 5.41) is 0.620. The molecule has 0 saturated carbocycles. The van der Waals surface area contributed by atoms with Crippen molar-refractivity contribution in [2.24, 2.45) is 0 Å². The molecule has 4 heteroatoms. The summed E-state index contributed by atoms with van der Waals surface area (Å²) in [5.74, 6) is -0.817. The number of carbonyl (C=O) groups is 1. The maximum absolute atomic E-state index is 13.8. The van der Waals surface area contributed by atoms with Gasteiger partial charge in [0, 0.05) is 17.6 Å². The van der Waals surface area contributed by atoms with Gasteiger partial charge in [0.25, 0.3) is 5.91 Å². The fraction of sp³-hybridized carbons (Fsp3) is 0.235. The Labute approximate surface area is 129 Å². The van der Waals surface area contributed by atoms with Crippen LogP contribution in [-0.4, -0.2) is 16.8 Å². The Balaban J connectivity index is 2.27. The van der Waals surface area contributed by atoms with Crippen molar-refractivity contribution in [3.05, 3.63) is 70.5 Å². The Bertz CT molecular complexity index is 642. The van der Waals surface area contributed by atoms with Crippen LogP contribution >= 0.6 is 11.6 Å². The number of hydrogen-bond donors (Lipinski definition) is 0. The van der Waals surface area contributed by atoms with Gasteiger partial charge in [0.15, 0.2) is 0 Å². The summed E-state index contributed by atoms with van der Waals surface area (Å²) in [6, 6.07) is 13.3. The van der Waals surface area contributed by atoms with Gasteiger partial charge >= 0.3 is 0 Å². The van der Waals surface area contributed by atoms with Crippen LogP contribution in [-0.2, 0) is 6.54 Å². The van der Waals surface area contributed by atoms with Crippen molar-refractivity contribution in [2.45, 2.75) is 26.4 Å². The Hall–Kier alpha value is -1.87. The molecule has 0 bridgehead atoms. The van der Waals surface area contributed by atoms with E-state index in [1.165, 1.54) is 12.1 Å². The highest BCUT2D eigenvalue weighted by Gasteiger charge is 2.21. The topological polar surface area (TPSA) is 20.3 Å². The van der Waals surface area contributed by atoms with Crippen molar-refractivity contribution in [3.8, 4) is 0 Å². The summed E-state index contributed by atoms with van der Waals surface area (Å²) in [6.07, 6.45) is 0. The van der Waals surface area contributed by atoms with Crippen molar-refractivity contribution in [1.82, 2.24) is 4.90 Å². The molecule has 0 aliphatic heterocycles. The molecule has 0 N–H and O–H groups in total. The predicted molar refractivity (Wildman–Crippen MR) is 82.9 cm³/mol. The summed E-state index contributed by atoms with van der Waals surface area (Å²) in [5.41, 5.74) is 1.01. The number of hydrogen-bond acceptors (Lipinski definition) is 1. The lowest BCUT2D eigenvalue weighted by atomic mass is 10.1. The van der Waals surface area contributed by atoms with E-state index in [1.807, 2.05) is 32.0 Å². The van der Waals surface area contributed by atoms with Crippen molar-refractivity contribution in [1.29, 1.82) is 0 Å². The summed E-state index contributed by atoms with van der Waals surface area (Å²) in [7, 11) is 0. The number of benzene rings is 2. The van der Waals surface area contributed by atoms with Gasteiger partial charge in [0.2, 0.25) is 0 Å². The molecule has 2 aromatic carbocycles. The first-order chi connectivity index (χ1) is 9.99. The summed E-state index contributed by atoms with van der Waals surface area (Å²) in [6.45, 7) is 4.21. The van der Waals surface area contributed by atoms with Crippen LogP contribution in [0.1, 0.15) is 29.8 Å². The molecular formula is C17H17ClFNO. The molecule has 110 valence electrons. The van der Waals surface area contributed by atoms with Crippen LogP contribution in [0.25, 0.3) is 0 Å². The Morgan fingerprint density at radius 2 is 1.90 bits per heavy atom. The Kier molecular flexibility index (Phi) is 4.97. The fourth-order valence-corrected chi connectivity index (χ4v) is 2.32. The second-order valence-electron chi connectivity index (χ2n) is 5.14. The minimum Gasteiger partial charge on any atom is -0.332 e. The van der Waals surface area contributed by atoms with Crippen molar-refractivity contribution >= 4 is 17.5 Å². The summed E-state index contributed by atoms with van der Waals surface area (Å²) in [4.78, 5) is 14.2. The largest absolute Gasteiger partial charge is 0.332 e. The van der Waals surface area contributed by atoms with E-state index in [4.69, 9.17) is 11.6 Å². The minimum atomic E-state index is -0.501. The first-order valence-electron chi connectivity index (χ1n) is 6.79. The Morgan fingerprint density at radius 3 is 2.52 bits per heavy atom. The number of rotatable bonds is 4. The van der Waals surface area contributed by atoms with Gasteiger partial charge in [-0.05, 0) is 43.7 Å². The number of halogens is 2. The monoisotopic (exact) mass is 305 g/mol. The van der Waals surface area contributed by atoms with Crippen LogP contribution in [0.15, 0.2) is 48.5 Å². The van der Waals surface area contributed by atoms with Gasteiger partial charge in [-0.25, -0.2) is 4.39 Å². The molecule has 0 radical (unpaired) electrons. The lowest BCUT2D eigenvalue weighted by molar-refractivity contribution is 0.0685. The molecule has 0 spiro atoms. The first-order valence-corrected chi connectivity index (χ1v) is 7.17. The lowest BCUT2D eigenvalue weighted by Crippen LogP contribution is -2.36. The maximum Gasteiger partial charge on any atom is 0.257 e. The zero-order chi connectivity index (χ0) is 15.4. The van der Waals surface area contributed by atoms with E-state index >= 15 is 0 Å². The van der Waals surface area contributed by atoms with Gasteiger partial charge in [-0.3, -0.25) is 4.79 Å². The molecule has 0 unspecified atom stereocenters. The van der Waals surface area contributed by atoms with Gasteiger partial charge in [0.1, 0.15) is 5.82 Å². The second kappa shape index (κ2) is 6.72. The molecular weight excluding hydrogens is 289 g/mol. The molecule has 0 saturated heterocycles. The Morgan fingerprint density at radius 1 is 1.19 bits per heavy atom. The van der Waals surface area contributed by atoms with Crippen LogP contribution in [0.5, 0.6) is 0 Å². The average Bonchev–Trinajstić information content (AvgIpc) is 2.44. The van der Waals surface area contributed by atoms with Crippen LogP contribution in [0.3, 0.4) is 0 Å². The minimum absolute atomic E-state index is 0.0453. The molecule has 0 atom stereocenters. The molecule has 1 amide bonds. The SMILES string of the molecule is CC(C)N(Cc1cccc(Cl)c1)C(=O)c1ccccc1F. The third-order valence-corrected chi connectivity index (χ3v) is 3.47. The fourth-order valence-electron chi connectivity index (χ4n) is 2.11. The van der Waals surface area contributed by atoms with Gasteiger partial charge in [-0.2, -0.15) is 0 Å². The highest BCUT2D eigenvalue weighted by Crippen LogP contribution is 2.17. The van der Waals surface area contributed by atoms with E-state index in [9.17, 15) is 9.18 Å². The molecule has 2 rings (SSSR count). The molecule has 2 aromatic rings. The number of nitrogens with zero attached hydrogens (tertiary/aromatic N) is 1. The highest BCUT2D eigenvalue weighted by molar-refractivity contribution is 6.30. The van der Waals surface area contributed by atoms with Crippen LogP contribution in [0.4, 0.5) is 4.39 Å². The van der Waals surface area contributed by atoms with Crippen LogP contribution in [0.2, 0.25) is 5.02 Å². The first kappa shape index (κ1) is 15.5. The molecule has 2 nitrogen and oxygen atoms in total. The van der Waals surface area contributed by atoms with Crippen molar-refractivity contribution < 1.29 is 9.18 Å². The third kappa shape index (κ3) is 3.82. The van der Waals surface area contributed by atoms with Crippen molar-refractivity contribution in [2.75, 3.05) is 0 Å². The van der Waals surface area contributed by atoms with Gasteiger partial charge in [0.05, 0.1) is 5.56 Å². The van der Waals surface area contributed by atoms with Crippen LogP contribution in [0, 0.1) is 5.82 Å². The standard InChI is InChI=1S/C17H17ClFNO/c1-12(2)20(11-13-6-5-7-14(18)10-13)17(21)15-8-3-4-9-16(15)19/h3-10,12H,11H2,1-2H3. The molecule has 0 aliphatic rings. The third-order valence-electron chi connectivity index (χ3n) is 3.23. The average molecular weight is 306 g/mol. The summed E-state index contributed by atoms with van der Waals surface area (Å²) < 4.78 is 13.8. The predicted octanol–water partition coefficient (Wildman–Crippen LogP) is 4.53. The summed E-state index contributed by atoms with van der Waals surface area (Å²) >= 11 is 5.97. The van der Waals surface area contributed by atoms with E-state index in [0.717, 1.165) is 5.56 Å². The molecule has 0 aliphatic carbocycles. The van der Waals surface area contributed by atoms with E-state index < -0.39 is 5.82 Å². The normalized spacial score (nSPS) is 10.7. The van der Waals surface area contributed by atoms with E-state index in [-0.39, 0.29) is 17.5 Å². The molecule has 0 fully saturated rings. The quantitative estimate of drug-likeness (QED) is 0.812. The zero-order valence-electron chi connectivity index (χ0n) is 12.0. The second-order valence-corrected chi connectivity index (χ2v) is 5.57. The van der Waals surface area contributed by atoms with Gasteiger partial charge < -0.3 is 4.90 Å². The van der Waals surface area contributed by atoms with Crippen LogP contribution < -0.4 is 0 Å².